The Balaban J connectivity index is 2.17. The lowest BCUT2D eigenvalue weighted by atomic mass is 9.82. The molecule has 2 aliphatic heterocycles. The number of ether oxygens (including phenoxy) is 1. The summed E-state index contributed by atoms with van der Waals surface area (Å²) in [6, 6.07) is 0. The van der Waals surface area contributed by atoms with Crippen LogP contribution >= 0.6 is 0 Å². The van der Waals surface area contributed by atoms with Gasteiger partial charge in [0.1, 0.15) is 11.0 Å². The lowest BCUT2D eigenvalue weighted by Gasteiger charge is -2.26. The van der Waals surface area contributed by atoms with E-state index in [9.17, 15) is 18.4 Å². The molecule has 1 N–H and O–H groups in total. The van der Waals surface area contributed by atoms with E-state index >= 15 is 0 Å². The molecule has 7 heteroatoms. The molecule has 0 bridgehead atoms. The van der Waals surface area contributed by atoms with E-state index in [1.165, 1.54) is 0 Å². The number of hydrogen-bond acceptors (Lipinski definition) is 3. The Hall–Kier alpha value is -1.40. The van der Waals surface area contributed by atoms with E-state index in [1.807, 2.05) is 0 Å². The van der Waals surface area contributed by atoms with E-state index in [-0.39, 0.29) is 19.5 Å². The zero-order valence-electron chi connectivity index (χ0n) is 11.3. The van der Waals surface area contributed by atoms with Crippen molar-refractivity contribution < 1.29 is 23.1 Å². The molecular formula is C12H18F2N2O3. The smallest absolute Gasteiger partial charge is 0.410 e. The van der Waals surface area contributed by atoms with Crippen LogP contribution in [0.5, 0.6) is 0 Å². The minimum atomic E-state index is -3.22. The Morgan fingerprint density at radius 2 is 2.00 bits per heavy atom. The van der Waals surface area contributed by atoms with Crippen molar-refractivity contribution in [2.75, 3.05) is 19.6 Å². The molecule has 0 aliphatic carbocycles. The molecule has 2 saturated heterocycles. The van der Waals surface area contributed by atoms with Crippen molar-refractivity contribution >= 4 is 12.0 Å². The maximum Gasteiger partial charge on any atom is 0.410 e. The van der Waals surface area contributed by atoms with E-state index in [0.717, 1.165) is 4.90 Å². The summed E-state index contributed by atoms with van der Waals surface area (Å²) in [6.45, 7) is 4.15. The first kappa shape index (κ1) is 14.0. The molecule has 5 nitrogen and oxygen atoms in total. The van der Waals surface area contributed by atoms with Crippen LogP contribution in [-0.4, -0.2) is 48.1 Å². The van der Waals surface area contributed by atoms with Gasteiger partial charge in [0, 0.05) is 13.1 Å². The van der Waals surface area contributed by atoms with Gasteiger partial charge in [0.2, 0.25) is 5.91 Å². The van der Waals surface area contributed by atoms with Gasteiger partial charge in [-0.1, -0.05) is 0 Å². The zero-order chi connectivity index (χ0) is 14.5. The Labute approximate surface area is 110 Å². The van der Waals surface area contributed by atoms with Crippen LogP contribution in [0.3, 0.4) is 0 Å². The number of likely N-dealkylation sites (tertiary alicyclic amines) is 1. The SMILES string of the molecule is CC(C)(C)OC(=O)N1CC(F)(F)C2(CCNC2=O)C1. The molecule has 0 saturated carbocycles. The predicted molar refractivity (Wildman–Crippen MR) is 62.8 cm³/mol. The van der Waals surface area contributed by atoms with Gasteiger partial charge in [-0.05, 0) is 27.2 Å². The first-order chi connectivity index (χ1) is 8.57. The summed E-state index contributed by atoms with van der Waals surface area (Å²) >= 11 is 0. The van der Waals surface area contributed by atoms with Crippen LogP contribution in [0.25, 0.3) is 0 Å². The van der Waals surface area contributed by atoms with Crippen molar-refractivity contribution in [2.24, 2.45) is 5.41 Å². The number of rotatable bonds is 0. The molecule has 108 valence electrons. The van der Waals surface area contributed by atoms with Crippen molar-refractivity contribution in [3.8, 4) is 0 Å². The van der Waals surface area contributed by atoms with Crippen LogP contribution in [0.4, 0.5) is 13.6 Å². The van der Waals surface area contributed by atoms with Crippen molar-refractivity contribution in [1.29, 1.82) is 0 Å². The molecule has 1 unspecified atom stereocenters. The fourth-order valence-electron chi connectivity index (χ4n) is 2.52. The highest BCUT2D eigenvalue weighted by Gasteiger charge is 2.67. The van der Waals surface area contributed by atoms with Crippen LogP contribution < -0.4 is 5.32 Å². The summed E-state index contributed by atoms with van der Waals surface area (Å²) in [5.74, 6) is -3.90. The van der Waals surface area contributed by atoms with Gasteiger partial charge in [0.15, 0.2) is 0 Å². The summed E-state index contributed by atoms with van der Waals surface area (Å²) in [5.41, 5.74) is -2.54. The third-order valence-electron chi connectivity index (χ3n) is 3.47. The van der Waals surface area contributed by atoms with E-state index in [0.29, 0.717) is 0 Å². The third-order valence-corrected chi connectivity index (χ3v) is 3.47. The second kappa shape index (κ2) is 4.05. The standard InChI is InChI=1S/C12H18F2N2O3/c1-10(2,3)19-9(18)16-6-11(12(13,14)7-16)4-5-15-8(11)17/h4-7H2,1-3H3,(H,15,17). The minimum Gasteiger partial charge on any atom is -0.444 e. The third kappa shape index (κ3) is 2.26. The molecule has 2 amide bonds. The average Bonchev–Trinajstić information content (AvgIpc) is 2.69. The van der Waals surface area contributed by atoms with Crippen LogP contribution in [-0.2, 0) is 9.53 Å². The normalized spacial score (nSPS) is 29.7. The first-order valence-corrected chi connectivity index (χ1v) is 6.21. The van der Waals surface area contributed by atoms with Crippen molar-refractivity contribution in [3.05, 3.63) is 0 Å². The van der Waals surface area contributed by atoms with Crippen LogP contribution in [0.2, 0.25) is 0 Å². The minimum absolute atomic E-state index is 0.0398. The highest BCUT2D eigenvalue weighted by atomic mass is 19.3. The molecule has 0 aromatic rings. The number of carbonyl (C=O) groups is 2. The molecule has 19 heavy (non-hydrogen) atoms. The maximum atomic E-state index is 14.1. The van der Waals surface area contributed by atoms with E-state index in [1.54, 1.807) is 20.8 Å². The van der Waals surface area contributed by atoms with Crippen LogP contribution in [0.15, 0.2) is 0 Å². The van der Waals surface area contributed by atoms with Gasteiger partial charge >= 0.3 is 6.09 Å². The fourth-order valence-corrected chi connectivity index (χ4v) is 2.52. The Morgan fingerprint density at radius 1 is 1.37 bits per heavy atom. The highest BCUT2D eigenvalue weighted by molar-refractivity contribution is 5.87. The largest absolute Gasteiger partial charge is 0.444 e. The molecule has 2 fully saturated rings. The lowest BCUT2D eigenvalue weighted by molar-refractivity contribution is -0.144. The molecule has 1 atom stereocenters. The maximum absolute atomic E-state index is 14.1. The second-order valence-corrected chi connectivity index (χ2v) is 6.13. The summed E-state index contributed by atoms with van der Waals surface area (Å²) < 4.78 is 33.3. The molecular weight excluding hydrogens is 258 g/mol. The molecule has 0 aromatic heterocycles. The lowest BCUT2D eigenvalue weighted by Crippen LogP contribution is -2.45. The number of halogens is 2. The van der Waals surface area contributed by atoms with Gasteiger partial charge in [0.05, 0.1) is 6.54 Å². The van der Waals surface area contributed by atoms with Crippen molar-refractivity contribution in [3.63, 3.8) is 0 Å². The number of nitrogens with one attached hydrogen (secondary N) is 1. The Bertz CT molecular complexity index is 420. The van der Waals surface area contributed by atoms with Gasteiger partial charge in [-0.25, -0.2) is 13.6 Å². The summed E-state index contributed by atoms with van der Waals surface area (Å²) in [4.78, 5) is 24.5. The molecule has 0 aromatic carbocycles. The monoisotopic (exact) mass is 276 g/mol. The molecule has 2 aliphatic rings. The van der Waals surface area contributed by atoms with Gasteiger partial charge in [-0.2, -0.15) is 0 Å². The van der Waals surface area contributed by atoms with E-state index < -0.39 is 35.5 Å². The van der Waals surface area contributed by atoms with Crippen molar-refractivity contribution in [2.45, 2.75) is 38.7 Å². The molecule has 2 rings (SSSR count). The number of hydrogen-bond donors (Lipinski definition) is 1. The van der Waals surface area contributed by atoms with Crippen LogP contribution in [0, 0.1) is 5.41 Å². The van der Waals surface area contributed by atoms with Gasteiger partial charge in [-0.3, -0.25) is 4.79 Å². The zero-order valence-corrected chi connectivity index (χ0v) is 11.3. The van der Waals surface area contributed by atoms with Crippen molar-refractivity contribution in [1.82, 2.24) is 10.2 Å². The predicted octanol–water partition coefficient (Wildman–Crippen LogP) is 1.38. The topological polar surface area (TPSA) is 58.6 Å². The van der Waals surface area contributed by atoms with Gasteiger partial charge < -0.3 is 15.0 Å². The quantitative estimate of drug-likeness (QED) is 0.727. The van der Waals surface area contributed by atoms with Crippen LogP contribution in [0.1, 0.15) is 27.2 Å². The fraction of sp³-hybridized carbons (Fsp3) is 0.833. The number of carbonyl (C=O) groups excluding carboxylic acids is 2. The number of amides is 2. The van der Waals surface area contributed by atoms with Gasteiger partial charge in [0.25, 0.3) is 5.92 Å². The summed E-state index contributed by atoms with van der Waals surface area (Å²) in [7, 11) is 0. The van der Waals surface area contributed by atoms with E-state index in [2.05, 4.69) is 5.32 Å². The number of alkyl halides is 2. The second-order valence-electron chi connectivity index (χ2n) is 6.13. The first-order valence-electron chi connectivity index (χ1n) is 6.21. The number of nitrogens with zero attached hydrogens (tertiary/aromatic N) is 1. The van der Waals surface area contributed by atoms with E-state index in [4.69, 9.17) is 4.74 Å². The Kier molecular flexibility index (Phi) is 2.98. The average molecular weight is 276 g/mol. The molecule has 1 spiro atoms. The Morgan fingerprint density at radius 3 is 2.47 bits per heavy atom. The highest BCUT2D eigenvalue weighted by Crippen LogP contribution is 2.48. The van der Waals surface area contributed by atoms with Gasteiger partial charge in [-0.15, -0.1) is 0 Å². The summed E-state index contributed by atoms with van der Waals surface area (Å²) in [6.07, 6.45) is -0.762. The molecule has 0 radical (unpaired) electrons. The molecule has 2 heterocycles. The summed E-state index contributed by atoms with van der Waals surface area (Å²) in [5, 5.41) is 2.42.